The first kappa shape index (κ1) is 23.0. The van der Waals surface area contributed by atoms with Crippen molar-refractivity contribution in [3.8, 4) is 0 Å². The summed E-state index contributed by atoms with van der Waals surface area (Å²) in [6.45, 7) is 9.12. The van der Waals surface area contributed by atoms with E-state index >= 15 is 0 Å². The maximum Gasteiger partial charge on any atom is 0.242 e. The maximum atomic E-state index is 13.2. The minimum atomic E-state index is -0.465. The van der Waals surface area contributed by atoms with Crippen molar-refractivity contribution in [2.24, 2.45) is 0 Å². The Kier molecular flexibility index (Phi) is 9.26. The van der Waals surface area contributed by atoms with Gasteiger partial charge in [0.2, 0.25) is 11.8 Å². The van der Waals surface area contributed by atoms with Crippen molar-refractivity contribution in [3.63, 3.8) is 0 Å². The summed E-state index contributed by atoms with van der Waals surface area (Å²) in [4.78, 5) is 28.7. The number of benzene rings is 2. The van der Waals surface area contributed by atoms with Crippen LogP contribution in [0.1, 0.15) is 43.4 Å². The van der Waals surface area contributed by atoms with Crippen molar-refractivity contribution < 1.29 is 9.59 Å². The highest BCUT2D eigenvalue weighted by atomic mass is 32.2. The van der Waals surface area contributed by atoms with Crippen molar-refractivity contribution >= 4 is 23.6 Å². The highest BCUT2D eigenvalue weighted by Crippen LogP contribution is 2.21. The molecule has 1 N–H and O–H groups in total. The predicted octanol–water partition coefficient (Wildman–Crippen LogP) is 4.73. The topological polar surface area (TPSA) is 49.4 Å². The van der Waals surface area contributed by atoms with Crippen LogP contribution in [0.4, 0.5) is 0 Å². The molecular formula is C24H32N2O2S. The normalized spacial score (nSPS) is 11.7. The molecule has 0 radical (unpaired) electrons. The van der Waals surface area contributed by atoms with Gasteiger partial charge < -0.3 is 10.2 Å². The van der Waals surface area contributed by atoms with Gasteiger partial charge in [-0.25, -0.2) is 0 Å². The Morgan fingerprint density at radius 2 is 1.76 bits per heavy atom. The molecule has 0 aliphatic carbocycles. The van der Waals surface area contributed by atoms with Gasteiger partial charge in [-0.15, -0.1) is 11.8 Å². The number of thioether (sulfide) groups is 1. The minimum Gasteiger partial charge on any atom is -0.354 e. The van der Waals surface area contributed by atoms with Crippen LogP contribution in [0.5, 0.6) is 0 Å². The number of nitrogens with zero attached hydrogens (tertiary/aromatic N) is 1. The quantitative estimate of drug-likeness (QED) is 0.574. The van der Waals surface area contributed by atoms with Crippen LogP contribution < -0.4 is 5.32 Å². The van der Waals surface area contributed by atoms with Crippen molar-refractivity contribution in [2.45, 2.75) is 58.0 Å². The lowest BCUT2D eigenvalue weighted by Crippen LogP contribution is -2.49. The summed E-state index contributed by atoms with van der Waals surface area (Å²) < 4.78 is 0. The molecule has 4 nitrogen and oxygen atoms in total. The average molecular weight is 413 g/mol. The molecule has 0 heterocycles. The summed E-state index contributed by atoms with van der Waals surface area (Å²) in [6.07, 6.45) is 1.46. The Morgan fingerprint density at radius 1 is 1.03 bits per heavy atom. The summed E-state index contributed by atoms with van der Waals surface area (Å²) in [5.41, 5.74) is 3.38. The molecule has 0 aromatic heterocycles. The Morgan fingerprint density at radius 3 is 2.38 bits per heavy atom. The molecule has 2 rings (SSSR count). The number of aryl methyl sites for hydroxylation is 2. The van der Waals surface area contributed by atoms with Crippen LogP contribution in [0.3, 0.4) is 0 Å². The van der Waals surface area contributed by atoms with Gasteiger partial charge in [0.15, 0.2) is 0 Å². The van der Waals surface area contributed by atoms with Gasteiger partial charge in [-0.2, -0.15) is 0 Å². The summed E-state index contributed by atoms with van der Waals surface area (Å²) >= 11 is 1.51. The van der Waals surface area contributed by atoms with E-state index in [0.29, 0.717) is 25.3 Å². The molecular weight excluding hydrogens is 380 g/mol. The van der Waals surface area contributed by atoms with Crippen LogP contribution in [-0.4, -0.2) is 35.1 Å². The molecule has 1 atom stereocenters. The number of rotatable bonds is 10. The summed E-state index contributed by atoms with van der Waals surface area (Å²) in [5, 5.41) is 2.96. The minimum absolute atomic E-state index is 0.0180. The standard InChI is InChI=1S/C24H32N2O2S/c1-5-14-25-24(28)22(6-2)26(16-20-9-7-8-19(4)15-20)23(27)17-29-21-12-10-18(3)11-13-21/h7-13,15,22H,5-6,14,16-17H2,1-4H3,(H,25,28). The molecule has 2 amide bonds. The van der Waals surface area contributed by atoms with Crippen LogP contribution in [-0.2, 0) is 16.1 Å². The van der Waals surface area contributed by atoms with Crippen molar-refractivity contribution in [1.29, 1.82) is 0 Å². The third kappa shape index (κ3) is 7.24. The zero-order valence-corrected chi connectivity index (χ0v) is 18.7. The van der Waals surface area contributed by atoms with E-state index in [9.17, 15) is 9.59 Å². The summed E-state index contributed by atoms with van der Waals surface area (Å²) in [7, 11) is 0. The zero-order chi connectivity index (χ0) is 21.2. The number of nitrogens with one attached hydrogen (secondary N) is 1. The van der Waals surface area contributed by atoms with Crippen LogP contribution in [0, 0.1) is 13.8 Å². The third-order valence-corrected chi connectivity index (χ3v) is 5.75. The largest absolute Gasteiger partial charge is 0.354 e. The second kappa shape index (κ2) is 11.7. The van der Waals surface area contributed by atoms with Gasteiger partial charge in [-0.1, -0.05) is 61.4 Å². The molecule has 2 aromatic carbocycles. The Labute approximate surface area is 179 Å². The maximum absolute atomic E-state index is 13.2. The molecule has 29 heavy (non-hydrogen) atoms. The molecule has 0 fully saturated rings. The van der Waals surface area contributed by atoms with Gasteiger partial charge >= 0.3 is 0 Å². The molecule has 1 unspecified atom stereocenters. The number of amides is 2. The second-order valence-corrected chi connectivity index (χ2v) is 8.38. The molecule has 0 saturated heterocycles. The average Bonchev–Trinajstić information content (AvgIpc) is 2.71. The van der Waals surface area contributed by atoms with Crippen LogP contribution in [0.2, 0.25) is 0 Å². The van der Waals surface area contributed by atoms with Gasteiger partial charge in [0.1, 0.15) is 6.04 Å². The zero-order valence-electron chi connectivity index (χ0n) is 17.9. The van der Waals surface area contributed by atoms with Crippen molar-refractivity contribution in [2.75, 3.05) is 12.3 Å². The fraction of sp³-hybridized carbons (Fsp3) is 0.417. The van der Waals surface area contributed by atoms with E-state index in [4.69, 9.17) is 0 Å². The van der Waals surface area contributed by atoms with E-state index in [1.165, 1.54) is 17.3 Å². The van der Waals surface area contributed by atoms with Crippen LogP contribution >= 0.6 is 11.8 Å². The highest BCUT2D eigenvalue weighted by molar-refractivity contribution is 8.00. The number of carbonyl (C=O) groups is 2. The number of carbonyl (C=O) groups excluding carboxylic acids is 2. The molecule has 0 aliphatic rings. The van der Waals surface area contributed by atoms with Crippen LogP contribution in [0.15, 0.2) is 53.4 Å². The Balaban J connectivity index is 2.17. The lowest BCUT2D eigenvalue weighted by molar-refractivity contribution is -0.139. The van der Waals surface area contributed by atoms with Gasteiger partial charge in [0.05, 0.1) is 5.75 Å². The SMILES string of the molecule is CCCNC(=O)C(CC)N(Cc1cccc(C)c1)C(=O)CSc1ccc(C)cc1. The van der Waals surface area contributed by atoms with Gasteiger partial charge in [-0.3, -0.25) is 9.59 Å². The molecule has 156 valence electrons. The van der Waals surface area contributed by atoms with Gasteiger partial charge in [0.25, 0.3) is 0 Å². The first-order valence-electron chi connectivity index (χ1n) is 10.3. The molecule has 5 heteroatoms. The van der Waals surface area contributed by atoms with Crippen molar-refractivity contribution in [3.05, 3.63) is 65.2 Å². The van der Waals surface area contributed by atoms with E-state index in [0.717, 1.165) is 22.4 Å². The lowest BCUT2D eigenvalue weighted by atomic mass is 10.1. The van der Waals surface area contributed by atoms with Crippen LogP contribution in [0.25, 0.3) is 0 Å². The van der Waals surface area contributed by atoms with E-state index in [1.807, 2.05) is 70.2 Å². The van der Waals surface area contributed by atoms with E-state index in [2.05, 4.69) is 11.4 Å². The first-order chi connectivity index (χ1) is 13.9. The summed E-state index contributed by atoms with van der Waals surface area (Å²) in [6, 6.07) is 15.8. The van der Waals surface area contributed by atoms with Crippen molar-refractivity contribution in [1.82, 2.24) is 10.2 Å². The first-order valence-corrected chi connectivity index (χ1v) is 11.2. The third-order valence-electron chi connectivity index (χ3n) is 4.75. The Bertz CT molecular complexity index is 805. The van der Waals surface area contributed by atoms with E-state index in [1.54, 1.807) is 4.90 Å². The van der Waals surface area contributed by atoms with Gasteiger partial charge in [-0.05, 0) is 44.4 Å². The number of hydrogen-bond donors (Lipinski definition) is 1. The molecule has 0 saturated carbocycles. The summed E-state index contributed by atoms with van der Waals surface area (Å²) in [5.74, 6) is 0.221. The van der Waals surface area contributed by atoms with E-state index in [-0.39, 0.29) is 11.8 Å². The lowest BCUT2D eigenvalue weighted by Gasteiger charge is -2.30. The second-order valence-electron chi connectivity index (χ2n) is 7.33. The highest BCUT2D eigenvalue weighted by Gasteiger charge is 2.28. The smallest absolute Gasteiger partial charge is 0.242 e. The Hall–Kier alpha value is -2.27. The monoisotopic (exact) mass is 412 g/mol. The molecule has 0 spiro atoms. The van der Waals surface area contributed by atoms with E-state index < -0.39 is 6.04 Å². The fourth-order valence-electron chi connectivity index (χ4n) is 3.16. The molecule has 0 aliphatic heterocycles. The number of hydrogen-bond acceptors (Lipinski definition) is 3. The van der Waals surface area contributed by atoms with Gasteiger partial charge in [0, 0.05) is 18.0 Å². The molecule has 0 bridgehead atoms. The molecule has 2 aromatic rings. The predicted molar refractivity (Wildman–Crippen MR) is 121 cm³/mol. The fourth-order valence-corrected chi connectivity index (χ4v) is 3.94.